The summed E-state index contributed by atoms with van der Waals surface area (Å²) in [6.07, 6.45) is 0. The van der Waals surface area contributed by atoms with Crippen molar-refractivity contribution in [2.24, 2.45) is 0 Å². The number of ether oxygens (including phenoxy) is 2. The molecule has 1 aromatic carbocycles. The molecule has 0 atom stereocenters. The average molecular weight is 468 g/mol. The minimum Gasteiger partial charge on any atom is -0.482 e. The Labute approximate surface area is 185 Å². The number of benzene rings is 1. The number of thiophene rings is 1. The van der Waals surface area contributed by atoms with E-state index in [9.17, 15) is 9.59 Å². The summed E-state index contributed by atoms with van der Waals surface area (Å²) in [5.41, 5.74) is 0.751. The van der Waals surface area contributed by atoms with Crippen LogP contribution < -0.4 is 10.1 Å². The van der Waals surface area contributed by atoms with Gasteiger partial charge in [-0.15, -0.1) is 21.5 Å². The summed E-state index contributed by atoms with van der Waals surface area (Å²) in [6, 6.07) is 8.79. The molecule has 0 aliphatic carbocycles. The predicted molar refractivity (Wildman–Crippen MR) is 114 cm³/mol. The Morgan fingerprint density at radius 2 is 2.10 bits per heavy atom. The van der Waals surface area contributed by atoms with Crippen LogP contribution >= 0.6 is 34.7 Å². The second-order valence-corrected chi connectivity index (χ2v) is 8.25. The van der Waals surface area contributed by atoms with Gasteiger partial charge in [0.2, 0.25) is 5.91 Å². The zero-order valence-electron chi connectivity index (χ0n) is 16.1. The number of aromatic nitrogens is 2. The smallest absolute Gasteiger partial charge is 0.348 e. The highest BCUT2D eigenvalue weighted by atomic mass is 35.5. The van der Waals surface area contributed by atoms with E-state index in [4.69, 9.17) is 25.5 Å². The standard InChI is InChI=1S/C19H18ClN3O5S2/c1-3-26-18(25)17-11(2)8-16(30-17)21-14(24)10-29-19-23-22-15(28-19)9-27-13-7-5-4-6-12(13)20/h4-8H,3,9-10H2,1-2H3,(H,21,24). The van der Waals surface area contributed by atoms with E-state index in [2.05, 4.69) is 15.5 Å². The van der Waals surface area contributed by atoms with Crippen molar-refractivity contribution in [3.63, 3.8) is 0 Å². The van der Waals surface area contributed by atoms with Crippen molar-refractivity contribution in [2.75, 3.05) is 17.7 Å². The molecule has 0 fully saturated rings. The second kappa shape index (κ2) is 10.5. The molecule has 0 saturated carbocycles. The molecule has 2 heterocycles. The van der Waals surface area contributed by atoms with E-state index < -0.39 is 5.97 Å². The van der Waals surface area contributed by atoms with Crippen molar-refractivity contribution in [3.05, 3.63) is 51.7 Å². The van der Waals surface area contributed by atoms with E-state index >= 15 is 0 Å². The normalized spacial score (nSPS) is 10.6. The van der Waals surface area contributed by atoms with Crippen LogP contribution in [0.5, 0.6) is 5.75 Å². The van der Waals surface area contributed by atoms with Crippen LogP contribution in [0, 0.1) is 6.92 Å². The van der Waals surface area contributed by atoms with E-state index in [-0.39, 0.29) is 29.4 Å². The van der Waals surface area contributed by atoms with Crippen molar-refractivity contribution >= 4 is 51.6 Å². The summed E-state index contributed by atoms with van der Waals surface area (Å²) in [6.45, 7) is 3.89. The molecule has 0 saturated heterocycles. The Bertz CT molecular complexity index is 1040. The first-order valence-corrected chi connectivity index (χ1v) is 11.0. The zero-order valence-corrected chi connectivity index (χ0v) is 18.5. The van der Waals surface area contributed by atoms with Gasteiger partial charge in [-0.1, -0.05) is 35.5 Å². The lowest BCUT2D eigenvalue weighted by molar-refractivity contribution is -0.113. The highest BCUT2D eigenvalue weighted by Crippen LogP contribution is 2.28. The molecule has 0 radical (unpaired) electrons. The van der Waals surface area contributed by atoms with Crippen LogP contribution in [0.4, 0.5) is 5.00 Å². The maximum absolute atomic E-state index is 12.2. The number of anilines is 1. The Kier molecular flexibility index (Phi) is 7.72. The van der Waals surface area contributed by atoms with Crippen LogP contribution in [0.15, 0.2) is 40.0 Å². The minimum atomic E-state index is -0.396. The lowest BCUT2D eigenvalue weighted by Crippen LogP contribution is -2.13. The maximum atomic E-state index is 12.2. The van der Waals surface area contributed by atoms with Gasteiger partial charge in [0.25, 0.3) is 11.1 Å². The van der Waals surface area contributed by atoms with Crippen LogP contribution in [0.2, 0.25) is 5.02 Å². The number of amides is 1. The minimum absolute atomic E-state index is 0.0641. The lowest BCUT2D eigenvalue weighted by atomic mass is 10.3. The highest BCUT2D eigenvalue weighted by molar-refractivity contribution is 7.99. The molecule has 158 valence electrons. The van der Waals surface area contributed by atoms with Gasteiger partial charge in [-0.05, 0) is 37.6 Å². The Morgan fingerprint density at radius 3 is 2.87 bits per heavy atom. The van der Waals surface area contributed by atoms with Crippen molar-refractivity contribution < 1.29 is 23.5 Å². The number of hydrogen-bond acceptors (Lipinski definition) is 9. The molecule has 3 rings (SSSR count). The summed E-state index contributed by atoms with van der Waals surface area (Å²) in [4.78, 5) is 24.5. The number of nitrogens with zero attached hydrogens (tertiary/aromatic N) is 2. The summed E-state index contributed by atoms with van der Waals surface area (Å²) in [5.74, 6) is 0.194. The average Bonchev–Trinajstić information content (AvgIpc) is 3.32. The largest absolute Gasteiger partial charge is 0.482 e. The third-order valence-corrected chi connectivity index (χ3v) is 5.87. The van der Waals surface area contributed by atoms with Crippen LogP contribution in [0.25, 0.3) is 0 Å². The van der Waals surface area contributed by atoms with Gasteiger partial charge in [0.05, 0.1) is 22.4 Å². The highest BCUT2D eigenvalue weighted by Gasteiger charge is 2.17. The van der Waals surface area contributed by atoms with Gasteiger partial charge in [0.15, 0.2) is 6.61 Å². The topological polar surface area (TPSA) is 104 Å². The second-order valence-electron chi connectivity index (χ2n) is 5.86. The SMILES string of the molecule is CCOC(=O)c1sc(NC(=O)CSc2nnc(COc3ccccc3Cl)o2)cc1C. The first-order valence-electron chi connectivity index (χ1n) is 8.86. The molecule has 0 bridgehead atoms. The quantitative estimate of drug-likeness (QED) is 0.360. The van der Waals surface area contributed by atoms with Crippen LogP contribution in [0.1, 0.15) is 28.0 Å². The monoisotopic (exact) mass is 467 g/mol. The van der Waals surface area contributed by atoms with Crippen molar-refractivity contribution in [1.82, 2.24) is 10.2 Å². The number of nitrogens with one attached hydrogen (secondary N) is 1. The molecule has 1 amide bonds. The molecule has 2 aromatic heterocycles. The van der Waals surface area contributed by atoms with Crippen LogP contribution in [-0.4, -0.2) is 34.4 Å². The van der Waals surface area contributed by atoms with Crippen LogP contribution in [-0.2, 0) is 16.1 Å². The van der Waals surface area contributed by atoms with E-state index in [1.54, 1.807) is 44.2 Å². The van der Waals surface area contributed by atoms with Crippen molar-refractivity contribution in [2.45, 2.75) is 25.7 Å². The molecule has 11 heteroatoms. The summed E-state index contributed by atoms with van der Waals surface area (Å²) in [7, 11) is 0. The van der Waals surface area contributed by atoms with Crippen molar-refractivity contribution in [1.29, 1.82) is 0 Å². The fourth-order valence-electron chi connectivity index (χ4n) is 2.30. The molecule has 0 aliphatic rings. The van der Waals surface area contributed by atoms with E-state index in [0.29, 0.717) is 27.3 Å². The number of carbonyl (C=O) groups excluding carboxylic acids is 2. The summed E-state index contributed by atoms with van der Waals surface area (Å²) in [5, 5.41) is 11.8. The fourth-order valence-corrected chi connectivity index (χ4v) is 4.05. The molecule has 3 aromatic rings. The van der Waals surface area contributed by atoms with Gasteiger partial charge in [-0.2, -0.15) is 0 Å². The van der Waals surface area contributed by atoms with Gasteiger partial charge in [-0.25, -0.2) is 4.79 Å². The number of hydrogen-bond donors (Lipinski definition) is 1. The number of thioether (sulfide) groups is 1. The lowest BCUT2D eigenvalue weighted by Gasteiger charge is -2.04. The van der Waals surface area contributed by atoms with E-state index in [1.165, 1.54) is 11.3 Å². The number of halogens is 1. The van der Waals surface area contributed by atoms with E-state index in [0.717, 1.165) is 17.3 Å². The number of aryl methyl sites for hydroxylation is 1. The van der Waals surface area contributed by atoms with Crippen LogP contribution in [0.3, 0.4) is 0 Å². The van der Waals surface area contributed by atoms with Gasteiger partial charge >= 0.3 is 5.97 Å². The van der Waals surface area contributed by atoms with Gasteiger partial charge in [0, 0.05) is 0 Å². The van der Waals surface area contributed by atoms with E-state index in [1.807, 2.05) is 0 Å². The molecule has 8 nitrogen and oxygen atoms in total. The molecule has 30 heavy (non-hydrogen) atoms. The number of para-hydroxylation sites is 1. The zero-order chi connectivity index (χ0) is 21.5. The third kappa shape index (κ3) is 5.97. The summed E-state index contributed by atoms with van der Waals surface area (Å²) >= 11 is 8.30. The third-order valence-electron chi connectivity index (χ3n) is 3.60. The maximum Gasteiger partial charge on any atom is 0.348 e. The van der Waals surface area contributed by atoms with Gasteiger partial charge in [-0.3, -0.25) is 4.79 Å². The molecule has 0 spiro atoms. The fraction of sp³-hybridized carbons (Fsp3) is 0.263. The number of esters is 1. The van der Waals surface area contributed by atoms with Gasteiger partial charge < -0.3 is 19.2 Å². The Balaban J connectivity index is 1.48. The van der Waals surface area contributed by atoms with Gasteiger partial charge in [0.1, 0.15) is 10.6 Å². The molecule has 0 aliphatic heterocycles. The summed E-state index contributed by atoms with van der Waals surface area (Å²) < 4.78 is 16.0. The Hall–Kier alpha value is -2.56. The molecular formula is C19H18ClN3O5S2. The Morgan fingerprint density at radius 1 is 1.30 bits per heavy atom. The number of carbonyl (C=O) groups is 2. The predicted octanol–water partition coefficient (Wildman–Crippen LogP) is 4.58. The molecule has 0 unspecified atom stereocenters. The first-order chi connectivity index (χ1) is 14.5. The molecular weight excluding hydrogens is 450 g/mol. The first kappa shape index (κ1) is 22.1. The van der Waals surface area contributed by atoms with Crippen molar-refractivity contribution in [3.8, 4) is 5.75 Å². The number of rotatable bonds is 9. The molecule has 1 N–H and O–H groups in total.